The van der Waals surface area contributed by atoms with Crippen LogP contribution in [-0.2, 0) is 5.41 Å². The van der Waals surface area contributed by atoms with Crippen LogP contribution in [0.25, 0.3) is 0 Å². The Bertz CT molecular complexity index is 438. The SMILES string of the molecule is CC(C)(C)c1nnc(Cl)n1C1C(C)(C)C1(C)C. The van der Waals surface area contributed by atoms with E-state index in [2.05, 4.69) is 63.2 Å². The molecule has 0 saturated heterocycles. The van der Waals surface area contributed by atoms with Gasteiger partial charge in [-0.05, 0) is 22.4 Å². The lowest BCUT2D eigenvalue weighted by molar-refractivity contribution is 0.457. The zero-order valence-corrected chi connectivity index (χ0v) is 12.6. The fourth-order valence-corrected chi connectivity index (χ4v) is 3.03. The van der Waals surface area contributed by atoms with Crippen LogP contribution in [0.2, 0.25) is 5.28 Å². The summed E-state index contributed by atoms with van der Waals surface area (Å²) in [5, 5.41) is 8.83. The molecule has 0 bridgehead atoms. The summed E-state index contributed by atoms with van der Waals surface area (Å²) in [4.78, 5) is 0. The van der Waals surface area contributed by atoms with E-state index in [-0.39, 0.29) is 16.2 Å². The van der Waals surface area contributed by atoms with Crippen molar-refractivity contribution in [3.05, 3.63) is 11.1 Å². The second-order valence-electron chi connectivity index (χ2n) is 7.26. The molecule has 0 atom stereocenters. The van der Waals surface area contributed by atoms with Gasteiger partial charge < -0.3 is 0 Å². The summed E-state index contributed by atoms with van der Waals surface area (Å²) < 4.78 is 2.13. The minimum absolute atomic E-state index is 0.0328. The summed E-state index contributed by atoms with van der Waals surface area (Å²) in [7, 11) is 0. The van der Waals surface area contributed by atoms with E-state index in [1.165, 1.54) is 0 Å². The number of rotatable bonds is 1. The lowest BCUT2D eigenvalue weighted by Gasteiger charge is -2.20. The molecule has 0 aliphatic heterocycles. The molecule has 1 aliphatic rings. The van der Waals surface area contributed by atoms with E-state index < -0.39 is 0 Å². The number of hydrogen-bond acceptors (Lipinski definition) is 2. The summed E-state index contributed by atoms with van der Waals surface area (Å²) >= 11 is 6.23. The van der Waals surface area contributed by atoms with Gasteiger partial charge in [0.25, 0.3) is 0 Å². The highest BCUT2D eigenvalue weighted by Gasteiger charge is 2.67. The molecule has 1 saturated carbocycles. The molecule has 1 aliphatic carbocycles. The van der Waals surface area contributed by atoms with Crippen molar-refractivity contribution in [2.45, 2.75) is 59.9 Å². The van der Waals surface area contributed by atoms with Gasteiger partial charge in [0.05, 0.1) is 0 Å². The zero-order chi connectivity index (χ0) is 13.2. The first-order valence-corrected chi connectivity index (χ1v) is 6.50. The summed E-state index contributed by atoms with van der Waals surface area (Å²) in [5.41, 5.74) is 0.437. The highest BCUT2D eigenvalue weighted by molar-refractivity contribution is 6.28. The van der Waals surface area contributed by atoms with Gasteiger partial charge in [-0.15, -0.1) is 10.2 Å². The van der Waals surface area contributed by atoms with Gasteiger partial charge in [0.15, 0.2) is 0 Å². The third-order valence-electron chi connectivity index (χ3n) is 4.53. The largest absolute Gasteiger partial charge is 0.297 e. The number of hydrogen-bond donors (Lipinski definition) is 0. The van der Waals surface area contributed by atoms with Gasteiger partial charge in [0.1, 0.15) is 5.82 Å². The van der Waals surface area contributed by atoms with Crippen molar-refractivity contribution in [1.82, 2.24) is 14.8 Å². The maximum Gasteiger partial charge on any atom is 0.225 e. The van der Waals surface area contributed by atoms with Crippen LogP contribution in [0.15, 0.2) is 0 Å². The standard InChI is InChI=1S/C13H22ClN3/c1-11(2,3)9-15-16-10(14)17(9)8-12(4,5)13(8,6)7/h8H,1-7H3. The Hall–Kier alpha value is -0.570. The topological polar surface area (TPSA) is 30.7 Å². The molecule has 0 aromatic carbocycles. The van der Waals surface area contributed by atoms with E-state index in [9.17, 15) is 0 Å². The summed E-state index contributed by atoms with van der Waals surface area (Å²) in [6.07, 6.45) is 0. The second kappa shape index (κ2) is 3.25. The first-order valence-electron chi connectivity index (χ1n) is 6.12. The van der Waals surface area contributed by atoms with Gasteiger partial charge in [-0.1, -0.05) is 48.5 Å². The Morgan fingerprint density at radius 1 is 1.06 bits per heavy atom. The molecule has 2 rings (SSSR count). The van der Waals surface area contributed by atoms with Crippen LogP contribution in [0.5, 0.6) is 0 Å². The molecule has 4 heteroatoms. The predicted octanol–water partition coefficient (Wildman–Crippen LogP) is 3.84. The molecule has 1 heterocycles. The van der Waals surface area contributed by atoms with E-state index in [1.807, 2.05) is 0 Å². The Balaban J connectivity index is 2.52. The Labute approximate surface area is 109 Å². The lowest BCUT2D eigenvalue weighted by Crippen LogP contribution is -2.20. The van der Waals surface area contributed by atoms with E-state index in [1.54, 1.807) is 0 Å². The average Bonchev–Trinajstić information content (AvgIpc) is 2.42. The van der Waals surface area contributed by atoms with E-state index in [0.717, 1.165) is 5.82 Å². The average molecular weight is 256 g/mol. The van der Waals surface area contributed by atoms with E-state index in [0.29, 0.717) is 11.3 Å². The maximum absolute atomic E-state index is 6.23. The Kier molecular flexibility index (Phi) is 2.46. The highest BCUT2D eigenvalue weighted by Crippen LogP contribution is 2.72. The van der Waals surface area contributed by atoms with Crippen molar-refractivity contribution in [3.63, 3.8) is 0 Å². The first kappa shape index (κ1) is 12.9. The Morgan fingerprint density at radius 2 is 1.53 bits per heavy atom. The normalized spacial score (nSPS) is 22.8. The third-order valence-corrected chi connectivity index (χ3v) is 4.79. The van der Waals surface area contributed by atoms with Crippen molar-refractivity contribution in [3.8, 4) is 0 Å². The van der Waals surface area contributed by atoms with Gasteiger partial charge in [-0.2, -0.15) is 0 Å². The molecule has 3 nitrogen and oxygen atoms in total. The molecule has 0 radical (unpaired) electrons. The van der Waals surface area contributed by atoms with Gasteiger partial charge in [0, 0.05) is 11.5 Å². The summed E-state index contributed by atoms with van der Waals surface area (Å²) in [5.74, 6) is 0.978. The molecular weight excluding hydrogens is 234 g/mol. The summed E-state index contributed by atoms with van der Waals surface area (Å²) in [6.45, 7) is 15.5. The van der Waals surface area contributed by atoms with E-state index in [4.69, 9.17) is 11.6 Å². The van der Waals surface area contributed by atoms with Gasteiger partial charge in [-0.3, -0.25) is 4.57 Å². The van der Waals surface area contributed by atoms with Crippen LogP contribution in [0, 0.1) is 10.8 Å². The molecule has 1 fully saturated rings. The molecule has 0 unspecified atom stereocenters. The maximum atomic E-state index is 6.23. The van der Waals surface area contributed by atoms with Crippen LogP contribution in [-0.4, -0.2) is 14.8 Å². The Morgan fingerprint density at radius 3 is 1.88 bits per heavy atom. The molecule has 96 valence electrons. The number of nitrogens with zero attached hydrogens (tertiary/aromatic N) is 3. The predicted molar refractivity (Wildman–Crippen MR) is 70.3 cm³/mol. The number of aromatic nitrogens is 3. The minimum Gasteiger partial charge on any atom is -0.297 e. The lowest BCUT2D eigenvalue weighted by atomic mass is 9.95. The van der Waals surface area contributed by atoms with Crippen LogP contribution < -0.4 is 0 Å². The van der Waals surface area contributed by atoms with Crippen molar-refractivity contribution in [2.75, 3.05) is 0 Å². The molecule has 0 spiro atoms. The van der Waals surface area contributed by atoms with Crippen LogP contribution >= 0.6 is 11.6 Å². The zero-order valence-electron chi connectivity index (χ0n) is 11.8. The smallest absolute Gasteiger partial charge is 0.225 e. The van der Waals surface area contributed by atoms with Gasteiger partial charge >= 0.3 is 0 Å². The van der Waals surface area contributed by atoms with Crippen molar-refractivity contribution in [1.29, 1.82) is 0 Å². The van der Waals surface area contributed by atoms with Crippen LogP contribution in [0.3, 0.4) is 0 Å². The number of halogens is 1. The molecule has 1 aromatic heterocycles. The van der Waals surface area contributed by atoms with E-state index >= 15 is 0 Å². The fourth-order valence-electron chi connectivity index (χ4n) is 2.82. The van der Waals surface area contributed by atoms with Crippen LogP contribution in [0.1, 0.15) is 60.3 Å². The highest BCUT2D eigenvalue weighted by atomic mass is 35.5. The molecule has 0 N–H and O–H groups in total. The molecular formula is C13H22ClN3. The quantitative estimate of drug-likeness (QED) is 0.764. The first-order chi connectivity index (χ1) is 7.51. The third kappa shape index (κ3) is 1.62. The molecule has 1 aromatic rings. The van der Waals surface area contributed by atoms with Gasteiger partial charge in [0.2, 0.25) is 5.28 Å². The van der Waals surface area contributed by atoms with Crippen molar-refractivity contribution < 1.29 is 0 Å². The molecule has 17 heavy (non-hydrogen) atoms. The fraction of sp³-hybridized carbons (Fsp3) is 0.846. The monoisotopic (exact) mass is 255 g/mol. The summed E-state index contributed by atoms with van der Waals surface area (Å²) in [6, 6.07) is 0.381. The van der Waals surface area contributed by atoms with Gasteiger partial charge in [-0.25, -0.2) is 0 Å². The van der Waals surface area contributed by atoms with Crippen molar-refractivity contribution in [2.24, 2.45) is 10.8 Å². The molecule has 0 amide bonds. The van der Waals surface area contributed by atoms with Crippen molar-refractivity contribution >= 4 is 11.6 Å². The minimum atomic E-state index is -0.0328. The van der Waals surface area contributed by atoms with Crippen LogP contribution in [0.4, 0.5) is 0 Å². The second-order valence-corrected chi connectivity index (χ2v) is 7.60.